The minimum absolute atomic E-state index is 0.0227. The van der Waals surface area contributed by atoms with Crippen molar-refractivity contribution in [3.05, 3.63) is 34.9 Å². The molecule has 1 aromatic rings. The molecule has 2 atom stereocenters. The van der Waals surface area contributed by atoms with Crippen LogP contribution in [0.5, 0.6) is 0 Å². The van der Waals surface area contributed by atoms with Gasteiger partial charge in [0, 0.05) is 18.5 Å². The minimum Gasteiger partial charge on any atom is -0.465 e. The molecule has 36 heavy (non-hydrogen) atoms. The van der Waals surface area contributed by atoms with Crippen molar-refractivity contribution < 1.29 is 37.0 Å². The Morgan fingerprint density at radius 1 is 1.19 bits per heavy atom. The molecule has 1 aliphatic carbocycles. The number of benzene rings is 1. The zero-order valence-corrected chi connectivity index (χ0v) is 20.8. The number of amides is 1. The van der Waals surface area contributed by atoms with E-state index in [1.807, 2.05) is 6.92 Å². The van der Waals surface area contributed by atoms with E-state index in [1.54, 1.807) is 4.90 Å². The van der Waals surface area contributed by atoms with Gasteiger partial charge in [-0.15, -0.1) is 0 Å². The summed E-state index contributed by atoms with van der Waals surface area (Å²) in [5, 5.41) is 0. The highest BCUT2D eigenvalue weighted by molar-refractivity contribution is 5.91. The summed E-state index contributed by atoms with van der Waals surface area (Å²) in [5.74, 6) is -1.29. The van der Waals surface area contributed by atoms with Gasteiger partial charge in [0.05, 0.1) is 43.7 Å². The molecule has 3 heterocycles. The van der Waals surface area contributed by atoms with Gasteiger partial charge in [-0.25, -0.2) is 4.79 Å². The number of rotatable bonds is 7. The van der Waals surface area contributed by atoms with E-state index in [0.29, 0.717) is 50.8 Å². The summed E-state index contributed by atoms with van der Waals surface area (Å²) < 4.78 is 56.4. The second kappa shape index (κ2) is 10.7. The molecule has 3 aliphatic heterocycles. The minimum atomic E-state index is -4.66. The van der Waals surface area contributed by atoms with Crippen LogP contribution in [0.1, 0.15) is 72.9 Å². The van der Waals surface area contributed by atoms with Crippen LogP contribution in [-0.4, -0.2) is 68.4 Å². The molecule has 2 N–H and O–H groups in total. The van der Waals surface area contributed by atoms with Gasteiger partial charge in [0.2, 0.25) is 5.91 Å². The van der Waals surface area contributed by atoms with Crippen LogP contribution in [0.4, 0.5) is 13.2 Å². The van der Waals surface area contributed by atoms with Crippen LogP contribution in [-0.2, 0) is 25.2 Å². The number of esters is 1. The molecule has 1 saturated carbocycles. The third-order valence-electron chi connectivity index (χ3n) is 8.09. The predicted molar refractivity (Wildman–Crippen MR) is 125 cm³/mol. The van der Waals surface area contributed by atoms with Gasteiger partial charge in [-0.05, 0) is 69.1 Å². The van der Waals surface area contributed by atoms with Gasteiger partial charge < -0.3 is 24.8 Å². The van der Waals surface area contributed by atoms with E-state index in [9.17, 15) is 22.8 Å². The Morgan fingerprint density at radius 3 is 2.42 bits per heavy atom. The van der Waals surface area contributed by atoms with Crippen molar-refractivity contribution >= 4 is 11.9 Å². The molecular formula is C26H35F3N2O5. The first-order valence-electron chi connectivity index (χ1n) is 12.6. The molecule has 0 spiro atoms. The van der Waals surface area contributed by atoms with Gasteiger partial charge in [-0.3, -0.25) is 4.79 Å². The van der Waals surface area contributed by atoms with Crippen LogP contribution in [0.25, 0.3) is 0 Å². The fourth-order valence-electron chi connectivity index (χ4n) is 5.59. The molecule has 0 aromatic heterocycles. The molecule has 1 aromatic carbocycles. The van der Waals surface area contributed by atoms with E-state index in [2.05, 4.69) is 4.74 Å². The Labute approximate surface area is 209 Å². The molecule has 4 aliphatic rings. The van der Waals surface area contributed by atoms with Gasteiger partial charge >= 0.3 is 12.1 Å². The molecular weight excluding hydrogens is 477 g/mol. The maximum Gasteiger partial charge on any atom is 0.417 e. The number of ether oxygens (including phenoxy) is 3. The summed E-state index contributed by atoms with van der Waals surface area (Å²) in [6.45, 7) is 3.90. The second-order valence-electron chi connectivity index (χ2n) is 10.4. The first-order chi connectivity index (χ1) is 17.0. The number of halogens is 3. The Bertz CT molecular complexity index is 940. The lowest BCUT2D eigenvalue weighted by Crippen LogP contribution is -2.53. The highest BCUT2D eigenvalue weighted by Crippen LogP contribution is 2.43. The maximum atomic E-state index is 13.3. The van der Waals surface area contributed by atoms with Crippen molar-refractivity contribution in [2.24, 2.45) is 11.1 Å². The lowest BCUT2D eigenvalue weighted by molar-refractivity contribution is -0.155. The average molecular weight is 513 g/mol. The summed E-state index contributed by atoms with van der Waals surface area (Å²) in [6, 6.07) is 2.80. The van der Waals surface area contributed by atoms with Crippen LogP contribution >= 0.6 is 0 Å². The largest absolute Gasteiger partial charge is 0.465 e. The van der Waals surface area contributed by atoms with Gasteiger partial charge in [0.15, 0.2) is 0 Å². The first-order valence-corrected chi connectivity index (χ1v) is 12.6. The molecule has 0 unspecified atom stereocenters. The number of hydrogen-bond acceptors (Lipinski definition) is 6. The Morgan fingerprint density at radius 2 is 1.86 bits per heavy atom. The molecule has 200 valence electrons. The fourth-order valence-corrected chi connectivity index (χ4v) is 5.59. The van der Waals surface area contributed by atoms with E-state index in [1.165, 1.54) is 12.1 Å². The van der Waals surface area contributed by atoms with Crippen molar-refractivity contribution in [1.29, 1.82) is 0 Å². The van der Waals surface area contributed by atoms with E-state index in [-0.39, 0.29) is 17.2 Å². The van der Waals surface area contributed by atoms with Gasteiger partial charge in [-0.2, -0.15) is 13.2 Å². The van der Waals surface area contributed by atoms with Crippen molar-refractivity contribution in [1.82, 2.24) is 4.90 Å². The molecule has 1 amide bonds. The number of carbonyl (C=O) groups is 2. The van der Waals surface area contributed by atoms with E-state index in [0.717, 1.165) is 38.9 Å². The Hall–Kier alpha value is -2.17. The van der Waals surface area contributed by atoms with Crippen LogP contribution < -0.4 is 5.73 Å². The first kappa shape index (κ1) is 26.9. The summed E-state index contributed by atoms with van der Waals surface area (Å²) in [4.78, 5) is 26.7. The van der Waals surface area contributed by atoms with E-state index in [4.69, 9.17) is 15.2 Å². The standard InChI is InChI=1S/C26H35F3N2O5/c1-16(35-14-25-9-5-19(6-10-25)36-15-25)22(30)23(32)31-11-7-17(8-12-31)18-3-4-21(26(27,28)29)20(13-18)24(33)34-2/h3-4,13,16-17,19,22H,5-12,14-15,30H2,1-2H3/t16-,19?,22+,25?/m0/s1. The normalized spacial score (nSPS) is 26.5. The number of alkyl halides is 3. The predicted octanol–water partition coefficient (Wildman–Crippen LogP) is 3.89. The van der Waals surface area contributed by atoms with Crippen LogP contribution in [0.15, 0.2) is 18.2 Å². The number of methoxy groups -OCH3 is 1. The number of carbonyl (C=O) groups excluding carboxylic acids is 2. The third kappa shape index (κ3) is 5.70. The smallest absolute Gasteiger partial charge is 0.417 e. The van der Waals surface area contributed by atoms with Crippen molar-refractivity contribution in [2.75, 3.05) is 33.4 Å². The Kier molecular flexibility index (Phi) is 7.97. The van der Waals surface area contributed by atoms with Crippen molar-refractivity contribution in [2.45, 2.75) is 75.8 Å². The number of hydrogen-bond donors (Lipinski definition) is 1. The van der Waals surface area contributed by atoms with Crippen LogP contribution in [0, 0.1) is 5.41 Å². The summed E-state index contributed by atoms with van der Waals surface area (Å²) >= 11 is 0. The van der Waals surface area contributed by atoms with E-state index >= 15 is 0 Å². The number of piperidine rings is 1. The van der Waals surface area contributed by atoms with Crippen molar-refractivity contribution in [3.63, 3.8) is 0 Å². The van der Waals surface area contributed by atoms with E-state index < -0.39 is 35.4 Å². The molecule has 5 rings (SSSR count). The van der Waals surface area contributed by atoms with Crippen LogP contribution in [0.2, 0.25) is 0 Å². The SMILES string of the molecule is COC(=O)c1cc(C2CCN(C(=O)[C@H](N)[C@H](C)OCC34CCC(CC3)OC4)CC2)ccc1C(F)(F)F. The summed E-state index contributed by atoms with van der Waals surface area (Å²) in [6.07, 6.45) is 0.645. The average Bonchev–Trinajstić information content (AvgIpc) is 2.90. The van der Waals surface area contributed by atoms with Gasteiger partial charge in [0.25, 0.3) is 0 Å². The van der Waals surface area contributed by atoms with Gasteiger partial charge in [0.1, 0.15) is 6.04 Å². The zero-order chi connectivity index (χ0) is 26.1. The molecule has 4 fully saturated rings. The summed E-state index contributed by atoms with van der Waals surface area (Å²) in [7, 11) is 1.06. The number of likely N-dealkylation sites (tertiary alicyclic amines) is 1. The zero-order valence-electron chi connectivity index (χ0n) is 20.8. The quantitative estimate of drug-likeness (QED) is 0.558. The van der Waals surface area contributed by atoms with Gasteiger partial charge in [-0.1, -0.05) is 6.07 Å². The highest BCUT2D eigenvalue weighted by atomic mass is 19.4. The third-order valence-corrected chi connectivity index (χ3v) is 8.09. The maximum absolute atomic E-state index is 13.3. The molecule has 3 saturated heterocycles. The number of nitrogens with zero attached hydrogens (tertiary/aromatic N) is 1. The molecule has 0 radical (unpaired) electrons. The fraction of sp³-hybridized carbons (Fsp3) is 0.692. The van der Waals surface area contributed by atoms with Crippen LogP contribution in [0.3, 0.4) is 0 Å². The molecule has 10 heteroatoms. The lowest BCUT2D eigenvalue weighted by Gasteiger charge is -2.46. The molecule has 7 nitrogen and oxygen atoms in total. The lowest BCUT2D eigenvalue weighted by atomic mass is 9.72. The Balaban J connectivity index is 1.32. The number of fused-ring (bicyclic) bond motifs is 3. The summed E-state index contributed by atoms with van der Waals surface area (Å²) in [5.41, 5.74) is 5.40. The monoisotopic (exact) mass is 512 g/mol. The highest BCUT2D eigenvalue weighted by Gasteiger charge is 2.42. The molecule has 2 bridgehead atoms. The number of nitrogens with two attached hydrogens (primary N) is 1. The topological polar surface area (TPSA) is 91.1 Å². The van der Waals surface area contributed by atoms with Crippen molar-refractivity contribution in [3.8, 4) is 0 Å². The second-order valence-corrected chi connectivity index (χ2v) is 10.4.